The molecule has 0 amide bonds. The summed E-state index contributed by atoms with van der Waals surface area (Å²) < 4.78 is 4.67. The van der Waals surface area contributed by atoms with Crippen molar-refractivity contribution in [3.8, 4) is 0 Å². The lowest BCUT2D eigenvalue weighted by molar-refractivity contribution is -0.133. The molecule has 0 radical (unpaired) electrons. The highest BCUT2D eigenvalue weighted by Gasteiger charge is 2.13. The maximum absolute atomic E-state index is 11.5. The number of carbonyl (C=O) groups is 1. The van der Waals surface area contributed by atoms with Gasteiger partial charge in [0.25, 0.3) is 0 Å². The van der Waals surface area contributed by atoms with Gasteiger partial charge in [0.15, 0.2) is 5.71 Å². The SMILES string of the molecule is CON=C(Cc1ccc2ccccc2c1)C(=O)OC. The molecule has 0 atom stereocenters. The van der Waals surface area contributed by atoms with Gasteiger partial charge in [-0.25, -0.2) is 4.79 Å². The maximum atomic E-state index is 11.5. The second-order valence-corrected chi connectivity index (χ2v) is 4.07. The second-order valence-electron chi connectivity index (χ2n) is 4.07. The number of ether oxygens (including phenoxy) is 1. The average Bonchev–Trinajstić information content (AvgIpc) is 2.46. The molecule has 2 aromatic carbocycles. The van der Waals surface area contributed by atoms with E-state index in [1.807, 2.05) is 42.5 Å². The van der Waals surface area contributed by atoms with Crippen LogP contribution in [0.15, 0.2) is 47.6 Å². The lowest BCUT2D eigenvalue weighted by Gasteiger charge is -2.05. The van der Waals surface area contributed by atoms with Gasteiger partial charge in [-0.2, -0.15) is 0 Å². The minimum absolute atomic E-state index is 0.250. The van der Waals surface area contributed by atoms with E-state index >= 15 is 0 Å². The molecule has 0 heterocycles. The molecule has 0 bridgehead atoms. The smallest absolute Gasteiger partial charge is 0.356 e. The number of hydrogen-bond acceptors (Lipinski definition) is 4. The van der Waals surface area contributed by atoms with Gasteiger partial charge in [-0.05, 0) is 16.3 Å². The normalized spacial score (nSPS) is 11.4. The summed E-state index contributed by atoms with van der Waals surface area (Å²) >= 11 is 0. The molecule has 0 aliphatic rings. The van der Waals surface area contributed by atoms with Crippen molar-refractivity contribution >= 4 is 22.5 Å². The summed E-state index contributed by atoms with van der Waals surface area (Å²) in [4.78, 5) is 16.2. The number of oxime groups is 1. The second kappa shape index (κ2) is 6.00. The summed E-state index contributed by atoms with van der Waals surface area (Å²) in [7, 11) is 2.73. The monoisotopic (exact) mass is 257 g/mol. The Balaban J connectivity index is 2.29. The third kappa shape index (κ3) is 3.10. The first-order valence-electron chi connectivity index (χ1n) is 5.90. The van der Waals surface area contributed by atoms with Crippen LogP contribution < -0.4 is 0 Å². The van der Waals surface area contributed by atoms with E-state index in [1.165, 1.54) is 14.2 Å². The fraction of sp³-hybridized carbons (Fsp3) is 0.200. The first-order valence-corrected chi connectivity index (χ1v) is 5.90. The molecule has 0 spiro atoms. The van der Waals surface area contributed by atoms with Gasteiger partial charge in [-0.3, -0.25) is 0 Å². The van der Waals surface area contributed by atoms with Gasteiger partial charge in [0, 0.05) is 6.42 Å². The Morgan fingerprint density at radius 1 is 1.11 bits per heavy atom. The number of esters is 1. The predicted octanol–water partition coefficient (Wildman–Crippen LogP) is 2.56. The zero-order chi connectivity index (χ0) is 13.7. The Kier molecular flexibility index (Phi) is 4.13. The van der Waals surface area contributed by atoms with Crippen LogP contribution in [-0.2, 0) is 20.8 Å². The zero-order valence-corrected chi connectivity index (χ0v) is 10.9. The first kappa shape index (κ1) is 13.1. The summed E-state index contributed by atoms with van der Waals surface area (Å²) in [5.74, 6) is -0.477. The molecule has 0 aliphatic heterocycles. The van der Waals surface area contributed by atoms with Crippen molar-refractivity contribution in [2.24, 2.45) is 5.16 Å². The maximum Gasteiger partial charge on any atom is 0.356 e. The lowest BCUT2D eigenvalue weighted by Crippen LogP contribution is -2.18. The van der Waals surface area contributed by atoms with E-state index in [9.17, 15) is 4.79 Å². The molecule has 2 aromatic rings. The van der Waals surface area contributed by atoms with Crippen molar-refractivity contribution in [1.82, 2.24) is 0 Å². The van der Waals surface area contributed by atoms with Gasteiger partial charge < -0.3 is 9.57 Å². The van der Waals surface area contributed by atoms with E-state index in [0.717, 1.165) is 16.3 Å². The Morgan fingerprint density at radius 2 is 1.84 bits per heavy atom. The molecule has 0 N–H and O–H groups in total. The minimum atomic E-state index is -0.477. The number of fused-ring (bicyclic) bond motifs is 1. The van der Waals surface area contributed by atoms with Gasteiger partial charge in [-0.1, -0.05) is 47.6 Å². The zero-order valence-electron chi connectivity index (χ0n) is 10.9. The van der Waals surface area contributed by atoms with Crippen LogP contribution in [0.3, 0.4) is 0 Å². The molecule has 98 valence electrons. The Bertz CT molecular complexity index is 620. The fourth-order valence-corrected chi connectivity index (χ4v) is 1.91. The molecule has 19 heavy (non-hydrogen) atoms. The molecular weight excluding hydrogens is 242 g/mol. The van der Waals surface area contributed by atoms with Crippen LogP contribution >= 0.6 is 0 Å². The summed E-state index contributed by atoms with van der Waals surface area (Å²) in [6.07, 6.45) is 0.380. The van der Waals surface area contributed by atoms with Crippen molar-refractivity contribution < 1.29 is 14.4 Å². The number of carbonyl (C=O) groups excluding carboxylic acids is 1. The van der Waals surface area contributed by atoms with Crippen LogP contribution in [-0.4, -0.2) is 25.9 Å². The van der Waals surface area contributed by atoms with Gasteiger partial charge in [0.1, 0.15) is 7.11 Å². The van der Waals surface area contributed by atoms with Crippen LogP contribution in [0.25, 0.3) is 10.8 Å². The van der Waals surface area contributed by atoms with E-state index in [0.29, 0.717) is 6.42 Å². The van der Waals surface area contributed by atoms with Crippen molar-refractivity contribution in [3.05, 3.63) is 48.0 Å². The van der Waals surface area contributed by atoms with Crippen LogP contribution in [0, 0.1) is 0 Å². The third-order valence-corrected chi connectivity index (χ3v) is 2.81. The first-order chi connectivity index (χ1) is 9.24. The topological polar surface area (TPSA) is 47.9 Å². The van der Waals surface area contributed by atoms with Crippen LogP contribution in [0.2, 0.25) is 0 Å². The summed E-state index contributed by atoms with van der Waals surface area (Å²) in [5.41, 5.74) is 1.24. The summed E-state index contributed by atoms with van der Waals surface area (Å²) in [6, 6.07) is 14.1. The molecule has 0 fully saturated rings. The molecular formula is C15H15NO3. The van der Waals surface area contributed by atoms with Crippen molar-refractivity contribution in [2.75, 3.05) is 14.2 Å². The molecule has 0 aromatic heterocycles. The van der Waals surface area contributed by atoms with E-state index in [-0.39, 0.29) is 5.71 Å². The number of methoxy groups -OCH3 is 1. The largest absolute Gasteiger partial charge is 0.464 e. The summed E-state index contributed by atoms with van der Waals surface area (Å²) in [5, 5.41) is 6.00. The number of hydrogen-bond donors (Lipinski definition) is 0. The third-order valence-electron chi connectivity index (χ3n) is 2.81. The van der Waals surface area contributed by atoms with Crippen LogP contribution in [0.1, 0.15) is 5.56 Å². The quantitative estimate of drug-likeness (QED) is 0.480. The standard InChI is InChI=1S/C15H15NO3/c1-18-15(17)14(16-19-2)10-11-7-8-12-5-3-4-6-13(12)9-11/h3-9H,10H2,1-2H3. The predicted molar refractivity (Wildman–Crippen MR) is 74.1 cm³/mol. The average molecular weight is 257 g/mol. The van der Waals surface area contributed by atoms with E-state index in [4.69, 9.17) is 0 Å². The fourth-order valence-electron chi connectivity index (χ4n) is 1.91. The molecule has 0 unspecified atom stereocenters. The molecule has 4 nitrogen and oxygen atoms in total. The highest BCUT2D eigenvalue weighted by atomic mass is 16.6. The Hall–Kier alpha value is -2.36. The minimum Gasteiger partial charge on any atom is -0.464 e. The van der Waals surface area contributed by atoms with Gasteiger partial charge in [-0.15, -0.1) is 0 Å². The van der Waals surface area contributed by atoms with Crippen molar-refractivity contribution in [1.29, 1.82) is 0 Å². The molecule has 2 rings (SSSR count). The number of rotatable bonds is 4. The highest BCUT2D eigenvalue weighted by Crippen LogP contribution is 2.16. The number of benzene rings is 2. The molecule has 0 saturated carbocycles. The highest BCUT2D eigenvalue weighted by molar-refractivity contribution is 6.36. The van der Waals surface area contributed by atoms with E-state index < -0.39 is 5.97 Å². The van der Waals surface area contributed by atoms with Gasteiger partial charge in [0.05, 0.1) is 7.11 Å². The van der Waals surface area contributed by atoms with Crippen molar-refractivity contribution in [3.63, 3.8) is 0 Å². The van der Waals surface area contributed by atoms with Crippen molar-refractivity contribution in [2.45, 2.75) is 6.42 Å². The molecule has 0 aliphatic carbocycles. The van der Waals surface area contributed by atoms with Crippen LogP contribution in [0.4, 0.5) is 0 Å². The van der Waals surface area contributed by atoms with Crippen LogP contribution in [0.5, 0.6) is 0 Å². The number of nitrogens with zero attached hydrogens (tertiary/aromatic N) is 1. The van der Waals surface area contributed by atoms with Gasteiger partial charge in [0.2, 0.25) is 0 Å². The van der Waals surface area contributed by atoms with Gasteiger partial charge >= 0.3 is 5.97 Å². The van der Waals surface area contributed by atoms with E-state index in [1.54, 1.807) is 0 Å². The Labute approximate surface area is 111 Å². The summed E-state index contributed by atoms with van der Waals surface area (Å²) in [6.45, 7) is 0. The molecule has 0 saturated heterocycles. The van der Waals surface area contributed by atoms with E-state index in [2.05, 4.69) is 14.7 Å². The Morgan fingerprint density at radius 3 is 2.53 bits per heavy atom. The lowest BCUT2D eigenvalue weighted by atomic mass is 10.0. The molecule has 4 heteroatoms.